The summed E-state index contributed by atoms with van der Waals surface area (Å²) in [7, 11) is 1.74. The molecule has 0 saturated heterocycles. The van der Waals surface area contributed by atoms with Gasteiger partial charge < -0.3 is 10.6 Å². The zero-order valence-corrected chi connectivity index (χ0v) is 10.0. The third kappa shape index (κ3) is 3.99. The third-order valence-electron chi connectivity index (χ3n) is 2.39. The molecule has 0 aliphatic rings. The molecule has 2 N–H and O–H groups in total. The van der Waals surface area contributed by atoms with Crippen molar-refractivity contribution >= 4 is 5.91 Å². The van der Waals surface area contributed by atoms with Gasteiger partial charge >= 0.3 is 6.18 Å². The zero-order chi connectivity index (χ0) is 13.8. The summed E-state index contributed by atoms with van der Waals surface area (Å²) in [5, 5.41) is 5.48. The molecule has 0 bridgehead atoms. The Morgan fingerprint density at radius 3 is 2.56 bits per heavy atom. The minimum atomic E-state index is -4.44. The minimum Gasteiger partial charge on any atom is -0.349 e. The van der Waals surface area contributed by atoms with E-state index >= 15 is 0 Å². The Hall–Kier alpha value is -1.63. The van der Waals surface area contributed by atoms with E-state index in [2.05, 4.69) is 15.6 Å². The number of aromatic nitrogens is 1. The van der Waals surface area contributed by atoms with Crippen LogP contribution in [-0.4, -0.2) is 30.5 Å². The van der Waals surface area contributed by atoms with Crippen LogP contribution in [0.4, 0.5) is 13.2 Å². The van der Waals surface area contributed by atoms with Gasteiger partial charge in [0.1, 0.15) is 5.69 Å². The second-order valence-electron chi connectivity index (χ2n) is 3.83. The van der Waals surface area contributed by atoms with E-state index in [0.717, 1.165) is 12.1 Å². The molecule has 1 aromatic rings. The monoisotopic (exact) mass is 261 g/mol. The average Bonchev–Trinajstić information content (AvgIpc) is 2.34. The SMILES string of the molecule is CNC(C)CNC(=O)c1ccc(C(F)(F)F)cn1. The predicted molar refractivity (Wildman–Crippen MR) is 60.1 cm³/mol. The van der Waals surface area contributed by atoms with E-state index in [1.807, 2.05) is 6.92 Å². The van der Waals surface area contributed by atoms with Crippen LogP contribution in [0.1, 0.15) is 23.0 Å². The van der Waals surface area contributed by atoms with Gasteiger partial charge in [0.15, 0.2) is 0 Å². The molecule has 0 aliphatic heterocycles. The molecule has 0 fully saturated rings. The summed E-state index contributed by atoms with van der Waals surface area (Å²) in [6.07, 6.45) is -3.79. The molecule has 4 nitrogen and oxygen atoms in total. The van der Waals surface area contributed by atoms with E-state index in [4.69, 9.17) is 0 Å². The summed E-state index contributed by atoms with van der Waals surface area (Å²) < 4.78 is 36.8. The Kier molecular flexibility index (Phi) is 4.66. The molecular weight excluding hydrogens is 247 g/mol. The molecule has 0 radical (unpaired) electrons. The van der Waals surface area contributed by atoms with Crippen LogP contribution in [0, 0.1) is 0 Å². The summed E-state index contributed by atoms with van der Waals surface area (Å²) >= 11 is 0. The van der Waals surface area contributed by atoms with E-state index in [1.54, 1.807) is 7.05 Å². The normalized spacial score (nSPS) is 13.2. The van der Waals surface area contributed by atoms with Gasteiger partial charge in [0.2, 0.25) is 0 Å². The lowest BCUT2D eigenvalue weighted by Crippen LogP contribution is -2.37. The van der Waals surface area contributed by atoms with Gasteiger partial charge in [-0.25, -0.2) is 0 Å². The van der Waals surface area contributed by atoms with Gasteiger partial charge in [0.25, 0.3) is 5.91 Å². The number of amides is 1. The van der Waals surface area contributed by atoms with Crippen LogP contribution in [0.15, 0.2) is 18.3 Å². The largest absolute Gasteiger partial charge is 0.417 e. The fraction of sp³-hybridized carbons (Fsp3) is 0.455. The van der Waals surface area contributed by atoms with Crippen molar-refractivity contribution in [2.45, 2.75) is 19.1 Å². The average molecular weight is 261 g/mol. The molecule has 7 heteroatoms. The number of alkyl halides is 3. The van der Waals surface area contributed by atoms with Crippen molar-refractivity contribution in [3.8, 4) is 0 Å². The highest BCUT2D eigenvalue weighted by Gasteiger charge is 2.30. The number of nitrogens with one attached hydrogen (secondary N) is 2. The van der Waals surface area contributed by atoms with Crippen molar-refractivity contribution in [2.75, 3.05) is 13.6 Å². The molecule has 1 rings (SSSR count). The van der Waals surface area contributed by atoms with Crippen LogP contribution < -0.4 is 10.6 Å². The molecule has 0 saturated carbocycles. The smallest absolute Gasteiger partial charge is 0.349 e. The maximum Gasteiger partial charge on any atom is 0.417 e. The van der Waals surface area contributed by atoms with Gasteiger partial charge in [0.05, 0.1) is 5.56 Å². The van der Waals surface area contributed by atoms with Crippen LogP contribution in [0.3, 0.4) is 0 Å². The minimum absolute atomic E-state index is 0.0358. The summed E-state index contributed by atoms with van der Waals surface area (Å²) in [5.74, 6) is -0.495. The Labute approximate surface area is 103 Å². The number of hydrogen-bond donors (Lipinski definition) is 2. The highest BCUT2D eigenvalue weighted by atomic mass is 19.4. The fourth-order valence-corrected chi connectivity index (χ4v) is 1.13. The van der Waals surface area contributed by atoms with Gasteiger partial charge in [-0.3, -0.25) is 9.78 Å². The van der Waals surface area contributed by atoms with Crippen molar-refractivity contribution in [1.29, 1.82) is 0 Å². The Morgan fingerprint density at radius 2 is 2.11 bits per heavy atom. The quantitative estimate of drug-likeness (QED) is 0.862. The second kappa shape index (κ2) is 5.81. The molecule has 1 amide bonds. The van der Waals surface area contributed by atoms with Gasteiger partial charge in [-0.15, -0.1) is 0 Å². The summed E-state index contributed by atoms with van der Waals surface area (Å²) in [4.78, 5) is 15.0. The number of rotatable bonds is 4. The molecule has 1 atom stereocenters. The van der Waals surface area contributed by atoms with E-state index in [0.29, 0.717) is 12.7 Å². The molecule has 1 unspecified atom stereocenters. The van der Waals surface area contributed by atoms with Gasteiger partial charge in [-0.2, -0.15) is 13.2 Å². The standard InChI is InChI=1S/C11H14F3N3O/c1-7(15-2)5-17-10(18)9-4-3-8(6-16-9)11(12,13)14/h3-4,6-7,15H,5H2,1-2H3,(H,17,18). The van der Waals surface area contributed by atoms with Gasteiger partial charge in [0, 0.05) is 18.8 Å². The first-order valence-corrected chi connectivity index (χ1v) is 5.33. The third-order valence-corrected chi connectivity index (χ3v) is 2.39. The molecule has 0 aromatic carbocycles. The van der Waals surface area contributed by atoms with Crippen LogP contribution in [0.2, 0.25) is 0 Å². The molecule has 0 aliphatic carbocycles. The second-order valence-corrected chi connectivity index (χ2v) is 3.83. The topological polar surface area (TPSA) is 54.0 Å². The summed E-state index contributed by atoms with van der Waals surface area (Å²) in [6.45, 7) is 2.23. The molecular formula is C11H14F3N3O. The maximum atomic E-state index is 12.3. The van der Waals surface area contributed by atoms with Crippen LogP contribution in [0.25, 0.3) is 0 Å². The molecule has 1 aromatic heterocycles. The van der Waals surface area contributed by atoms with Crippen LogP contribution in [0.5, 0.6) is 0 Å². The van der Waals surface area contributed by atoms with E-state index in [-0.39, 0.29) is 11.7 Å². The van der Waals surface area contributed by atoms with Crippen LogP contribution >= 0.6 is 0 Å². The molecule has 18 heavy (non-hydrogen) atoms. The lowest BCUT2D eigenvalue weighted by atomic mass is 10.2. The highest BCUT2D eigenvalue weighted by molar-refractivity contribution is 5.92. The fourth-order valence-electron chi connectivity index (χ4n) is 1.13. The zero-order valence-electron chi connectivity index (χ0n) is 10.0. The summed E-state index contributed by atoms with van der Waals surface area (Å²) in [5.41, 5.74) is -0.908. The highest BCUT2D eigenvalue weighted by Crippen LogP contribution is 2.28. The first-order chi connectivity index (χ1) is 8.34. The number of hydrogen-bond acceptors (Lipinski definition) is 3. The molecule has 0 spiro atoms. The number of nitrogens with zero attached hydrogens (tertiary/aromatic N) is 1. The number of carbonyl (C=O) groups is 1. The predicted octanol–water partition coefficient (Wildman–Crippen LogP) is 1.44. The van der Waals surface area contributed by atoms with E-state index in [9.17, 15) is 18.0 Å². The van der Waals surface area contributed by atoms with E-state index < -0.39 is 17.6 Å². The molecule has 1 heterocycles. The number of likely N-dealkylation sites (N-methyl/N-ethyl adjacent to an activating group) is 1. The van der Waals surface area contributed by atoms with E-state index in [1.165, 1.54) is 0 Å². The number of halogens is 3. The van der Waals surface area contributed by atoms with Crippen molar-refractivity contribution in [3.05, 3.63) is 29.6 Å². The lowest BCUT2D eigenvalue weighted by Gasteiger charge is -2.11. The lowest BCUT2D eigenvalue weighted by molar-refractivity contribution is -0.137. The van der Waals surface area contributed by atoms with Crippen molar-refractivity contribution in [2.24, 2.45) is 0 Å². The van der Waals surface area contributed by atoms with Gasteiger partial charge in [-0.1, -0.05) is 0 Å². The maximum absolute atomic E-state index is 12.3. The number of carbonyl (C=O) groups excluding carboxylic acids is 1. The van der Waals surface area contributed by atoms with Gasteiger partial charge in [-0.05, 0) is 26.1 Å². The first kappa shape index (κ1) is 14.4. The van der Waals surface area contributed by atoms with Crippen molar-refractivity contribution in [1.82, 2.24) is 15.6 Å². The molecule has 100 valence electrons. The number of pyridine rings is 1. The van der Waals surface area contributed by atoms with Crippen LogP contribution in [-0.2, 0) is 6.18 Å². The Balaban J connectivity index is 2.65. The van der Waals surface area contributed by atoms with Crippen molar-refractivity contribution < 1.29 is 18.0 Å². The Bertz CT molecular complexity index is 403. The first-order valence-electron chi connectivity index (χ1n) is 5.33. The Morgan fingerprint density at radius 1 is 1.44 bits per heavy atom. The van der Waals surface area contributed by atoms with Crippen molar-refractivity contribution in [3.63, 3.8) is 0 Å². The summed E-state index contributed by atoms with van der Waals surface area (Å²) in [6, 6.07) is 1.97.